The Bertz CT molecular complexity index is 293. The maximum absolute atomic E-state index is 2.47. The van der Waals surface area contributed by atoms with Crippen molar-refractivity contribution in [3.05, 3.63) is 0 Å². The second kappa shape index (κ2) is 10.2. The van der Waals surface area contributed by atoms with Crippen LogP contribution in [0.4, 0.5) is 0 Å². The Morgan fingerprint density at radius 2 is 0.680 bits per heavy atom. The summed E-state index contributed by atoms with van der Waals surface area (Å²) in [7, 11) is 0. The van der Waals surface area contributed by atoms with Gasteiger partial charge < -0.3 is 0 Å². The quantitative estimate of drug-likeness (QED) is 0.358. The molecule has 0 N–H and O–H groups in total. The van der Waals surface area contributed by atoms with Crippen LogP contribution >= 0.6 is 0 Å². The standard InChI is InChI=1S/3C8H17.Al/c3*1-6-7(2)8(3,4)5;/h3*7H,2,6H2,1,3-5H3;. The van der Waals surface area contributed by atoms with Crippen LogP contribution in [0.1, 0.15) is 102 Å². The van der Waals surface area contributed by atoms with Crippen molar-refractivity contribution >= 4 is 14.1 Å². The molecule has 0 aromatic carbocycles. The lowest BCUT2D eigenvalue weighted by Gasteiger charge is -2.38. The third-order valence-corrected chi connectivity index (χ3v) is 10.7. The lowest BCUT2D eigenvalue weighted by molar-refractivity contribution is 0.233. The summed E-state index contributed by atoms with van der Waals surface area (Å²) in [5, 5.41) is 4.66. The first kappa shape index (κ1) is 25.5. The zero-order valence-electron chi connectivity index (χ0n) is 20.1. The molecule has 0 aromatic rings. The molecule has 0 aliphatic carbocycles. The summed E-state index contributed by atoms with van der Waals surface area (Å²) < 4.78 is 0. The van der Waals surface area contributed by atoms with E-state index in [9.17, 15) is 0 Å². The van der Waals surface area contributed by atoms with E-state index >= 15 is 0 Å². The third kappa shape index (κ3) is 9.33. The Hall–Kier alpha value is 0.532. The minimum Gasteiger partial charge on any atom is -0.0905 e. The molecule has 0 aliphatic heterocycles. The average molecular weight is 367 g/mol. The average Bonchev–Trinajstić information content (AvgIpc) is 2.42. The van der Waals surface area contributed by atoms with Crippen molar-refractivity contribution in [2.75, 3.05) is 0 Å². The molecule has 0 saturated heterocycles. The highest BCUT2D eigenvalue weighted by Gasteiger charge is 2.36. The molecule has 0 amide bonds. The van der Waals surface area contributed by atoms with E-state index in [1.165, 1.54) is 19.3 Å². The van der Waals surface area contributed by atoms with E-state index in [1.54, 1.807) is 15.8 Å². The minimum absolute atomic E-state index is 0.465. The predicted molar refractivity (Wildman–Crippen MR) is 120 cm³/mol. The summed E-state index contributed by atoms with van der Waals surface area (Å²) >= 11 is -0.760. The first-order chi connectivity index (χ1) is 11.2. The zero-order valence-corrected chi connectivity index (χ0v) is 21.2. The monoisotopic (exact) mass is 366 g/mol. The van der Waals surface area contributed by atoms with Crippen molar-refractivity contribution in [3.8, 4) is 0 Å². The van der Waals surface area contributed by atoms with E-state index in [-0.39, 0.29) is 0 Å². The molecular formula is C24H51Al. The molecule has 0 bridgehead atoms. The maximum atomic E-state index is 2.47. The minimum atomic E-state index is -0.760. The van der Waals surface area contributed by atoms with E-state index in [1.807, 2.05) is 0 Å². The fourth-order valence-electron chi connectivity index (χ4n) is 4.89. The van der Waals surface area contributed by atoms with Gasteiger partial charge >= 0.3 is 0 Å². The van der Waals surface area contributed by atoms with E-state index in [4.69, 9.17) is 0 Å². The van der Waals surface area contributed by atoms with E-state index < -0.39 is 14.1 Å². The van der Waals surface area contributed by atoms with Gasteiger partial charge in [0, 0.05) is 0 Å². The highest BCUT2D eigenvalue weighted by atomic mass is 27.2. The van der Waals surface area contributed by atoms with Crippen molar-refractivity contribution in [1.82, 2.24) is 0 Å². The van der Waals surface area contributed by atoms with Gasteiger partial charge in [-0.25, -0.2) is 0 Å². The Labute approximate surface area is 166 Å². The van der Waals surface area contributed by atoms with E-state index in [0.29, 0.717) is 16.2 Å². The van der Waals surface area contributed by atoms with Crippen LogP contribution in [0.3, 0.4) is 0 Å². The van der Waals surface area contributed by atoms with Crippen LogP contribution in [-0.2, 0) is 0 Å². The molecule has 0 aromatic heterocycles. The molecule has 0 fully saturated rings. The van der Waals surface area contributed by atoms with Gasteiger partial charge in [-0.3, -0.25) is 0 Å². The first-order valence-corrected chi connectivity index (χ1v) is 13.6. The van der Waals surface area contributed by atoms with Crippen LogP contribution in [0.15, 0.2) is 0 Å². The van der Waals surface area contributed by atoms with Crippen molar-refractivity contribution in [2.24, 2.45) is 34.0 Å². The van der Waals surface area contributed by atoms with Crippen LogP contribution in [0.2, 0.25) is 15.8 Å². The van der Waals surface area contributed by atoms with Crippen LogP contribution in [0.5, 0.6) is 0 Å². The molecule has 3 unspecified atom stereocenters. The van der Waals surface area contributed by atoms with Gasteiger partial charge in [0.05, 0.1) is 0 Å². The zero-order chi connectivity index (χ0) is 20.1. The van der Waals surface area contributed by atoms with Gasteiger partial charge in [0.15, 0.2) is 0 Å². The van der Waals surface area contributed by atoms with Crippen molar-refractivity contribution < 1.29 is 0 Å². The molecular weight excluding hydrogens is 315 g/mol. The fraction of sp³-hybridized carbons (Fsp3) is 1.00. The normalized spacial score (nSPS) is 17.3. The van der Waals surface area contributed by atoms with Crippen LogP contribution in [0.25, 0.3) is 0 Å². The summed E-state index contributed by atoms with van der Waals surface area (Å²) in [6, 6.07) is 0. The Balaban J connectivity index is 5.42. The second-order valence-electron chi connectivity index (χ2n) is 12.0. The van der Waals surface area contributed by atoms with Crippen LogP contribution < -0.4 is 0 Å². The number of rotatable bonds is 9. The molecule has 0 spiro atoms. The summed E-state index contributed by atoms with van der Waals surface area (Å²) in [5.74, 6) is 2.71. The third-order valence-electron chi connectivity index (χ3n) is 7.01. The molecule has 25 heavy (non-hydrogen) atoms. The molecule has 0 nitrogen and oxygen atoms in total. The fourth-order valence-corrected chi connectivity index (χ4v) is 11.0. The SMILES string of the molecule is CCC([CH2][Al]([CH2]C(CC)C(C)(C)C)[CH2]C(CC)C(C)(C)C)C(C)(C)C. The summed E-state index contributed by atoms with van der Waals surface area (Å²) in [4.78, 5) is 0. The lowest BCUT2D eigenvalue weighted by atomic mass is 9.80. The number of hydrogen-bond donors (Lipinski definition) is 0. The molecule has 0 heterocycles. The van der Waals surface area contributed by atoms with Gasteiger partial charge in [-0.1, -0.05) is 118 Å². The van der Waals surface area contributed by atoms with Crippen LogP contribution in [-0.4, -0.2) is 14.1 Å². The van der Waals surface area contributed by atoms with Crippen molar-refractivity contribution in [2.45, 2.75) is 118 Å². The summed E-state index contributed by atoms with van der Waals surface area (Å²) in [6.45, 7) is 29.5. The molecule has 1 heteroatoms. The Morgan fingerprint density at radius 3 is 0.800 bits per heavy atom. The van der Waals surface area contributed by atoms with Gasteiger partial charge in [-0.05, 0) is 34.0 Å². The Morgan fingerprint density at radius 1 is 0.480 bits per heavy atom. The summed E-state index contributed by atoms with van der Waals surface area (Å²) in [6.07, 6.45) is 4.06. The molecule has 150 valence electrons. The Kier molecular flexibility index (Phi) is 10.4. The van der Waals surface area contributed by atoms with Gasteiger partial charge in [0.25, 0.3) is 14.1 Å². The highest BCUT2D eigenvalue weighted by Crippen LogP contribution is 2.42. The molecule has 0 radical (unpaired) electrons. The van der Waals surface area contributed by atoms with Gasteiger partial charge in [0.2, 0.25) is 0 Å². The first-order valence-electron chi connectivity index (χ1n) is 11.2. The van der Waals surface area contributed by atoms with E-state index in [2.05, 4.69) is 83.1 Å². The summed E-state index contributed by atoms with van der Waals surface area (Å²) in [5.41, 5.74) is 1.40. The topological polar surface area (TPSA) is 0 Å². The lowest BCUT2D eigenvalue weighted by Crippen LogP contribution is -2.34. The molecule has 3 atom stereocenters. The largest absolute Gasteiger partial charge is 0.262 e. The maximum Gasteiger partial charge on any atom is 0.262 e. The van der Waals surface area contributed by atoms with Gasteiger partial charge in [-0.15, -0.1) is 0 Å². The van der Waals surface area contributed by atoms with Crippen molar-refractivity contribution in [3.63, 3.8) is 0 Å². The number of hydrogen-bond acceptors (Lipinski definition) is 0. The second-order valence-corrected chi connectivity index (χ2v) is 15.1. The van der Waals surface area contributed by atoms with Gasteiger partial charge in [-0.2, -0.15) is 0 Å². The van der Waals surface area contributed by atoms with Gasteiger partial charge in [0.1, 0.15) is 0 Å². The van der Waals surface area contributed by atoms with E-state index in [0.717, 1.165) is 17.8 Å². The van der Waals surface area contributed by atoms with Crippen molar-refractivity contribution in [1.29, 1.82) is 0 Å². The molecule has 0 saturated carbocycles. The van der Waals surface area contributed by atoms with Crippen LogP contribution in [0, 0.1) is 34.0 Å². The smallest absolute Gasteiger partial charge is 0.0905 e. The molecule has 0 aliphatic rings. The highest BCUT2D eigenvalue weighted by molar-refractivity contribution is 6.59. The molecule has 0 rings (SSSR count). The predicted octanol–water partition coefficient (Wildman–Crippen LogP) is 8.70.